The van der Waals surface area contributed by atoms with Crippen LogP contribution in [0.15, 0.2) is 24.3 Å². The Morgan fingerprint density at radius 3 is 2.22 bits per heavy atom. The van der Waals surface area contributed by atoms with Crippen molar-refractivity contribution < 1.29 is 38.4 Å². The van der Waals surface area contributed by atoms with Gasteiger partial charge >= 0.3 is 5.97 Å². The predicted molar refractivity (Wildman–Crippen MR) is 109 cm³/mol. The van der Waals surface area contributed by atoms with E-state index in [1.54, 1.807) is 21.3 Å². The zero-order valence-corrected chi connectivity index (χ0v) is 17.8. The van der Waals surface area contributed by atoms with Crippen LogP contribution >= 0.6 is 0 Å². The Labute approximate surface area is 184 Å². The molecule has 1 fully saturated rings. The molecule has 0 amide bonds. The van der Waals surface area contributed by atoms with Crippen LogP contribution in [0.4, 0.5) is 0 Å². The first-order valence-corrected chi connectivity index (χ1v) is 10.2. The third kappa shape index (κ3) is 2.89. The second-order valence-corrected chi connectivity index (χ2v) is 7.82. The summed E-state index contributed by atoms with van der Waals surface area (Å²) in [5, 5.41) is 2.03. The minimum absolute atomic E-state index is 0.123. The second-order valence-electron chi connectivity index (χ2n) is 7.82. The van der Waals surface area contributed by atoms with Gasteiger partial charge < -0.3 is 28.4 Å². The van der Waals surface area contributed by atoms with Crippen LogP contribution in [0.1, 0.15) is 28.7 Å². The lowest BCUT2D eigenvalue weighted by atomic mass is 9.65. The van der Waals surface area contributed by atoms with Gasteiger partial charge in [-0.3, -0.25) is 10.2 Å². The number of rotatable bonds is 6. The predicted octanol–water partition coefficient (Wildman–Crippen LogP) is 1.02. The summed E-state index contributed by atoms with van der Waals surface area (Å²) in [4.78, 5) is 12.9. The molecule has 2 aliphatic heterocycles. The number of carbonyl (C=O) groups excluding carboxylic acids is 1. The minimum Gasteiger partial charge on any atom is -0.493 e. The molecule has 0 saturated carbocycles. The van der Waals surface area contributed by atoms with E-state index in [0.717, 1.165) is 16.7 Å². The number of hydrogen-bond donors (Lipinski definition) is 2. The maximum Gasteiger partial charge on any atom is 0.310 e. The second kappa shape index (κ2) is 7.77. The minimum atomic E-state index is -0.503. The fourth-order valence-corrected chi connectivity index (χ4v) is 5.10. The van der Waals surface area contributed by atoms with E-state index in [0.29, 0.717) is 28.7 Å². The van der Waals surface area contributed by atoms with Gasteiger partial charge in [0.15, 0.2) is 23.0 Å². The number of hydrazine groups is 1. The van der Waals surface area contributed by atoms with Crippen LogP contribution in [0.3, 0.4) is 0 Å². The van der Waals surface area contributed by atoms with E-state index in [9.17, 15) is 10.3 Å². The van der Waals surface area contributed by atoms with Crippen molar-refractivity contribution >= 4 is 5.97 Å². The summed E-state index contributed by atoms with van der Waals surface area (Å²) in [5.74, 6) is 1.24. The number of benzene rings is 2. The van der Waals surface area contributed by atoms with Crippen molar-refractivity contribution in [3.8, 4) is 28.7 Å². The summed E-state index contributed by atoms with van der Waals surface area (Å²) in [6.07, 6.45) is 0. The zero-order valence-electron chi connectivity index (χ0n) is 17.8. The largest absolute Gasteiger partial charge is 0.493 e. The molecule has 10 nitrogen and oxygen atoms in total. The van der Waals surface area contributed by atoms with Crippen LogP contribution < -0.4 is 34.3 Å². The van der Waals surface area contributed by atoms with Crippen LogP contribution in [0.25, 0.3) is 5.53 Å². The van der Waals surface area contributed by atoms with Gasteiger partial charge in [-0.25, -0.2) is 0 Å². The molecule has 5 rings (SSSR count). The van der Waals surface area contributed by atoms with Gasteiger partial charge in [0.2, 0.25) is 12.5 Å². The number of ether oxygens (including phenoxy) is 6. The molecule has 0 unspecified atom stereocenters. The van der Waals surface area contributed by atoms with E-state index >= 15 is 0 Å². The van der Waals surface area contributed by atoms with Crippen LogP contribution in [0.5, 0.6) is 28.7 Å². The normalized spacial score (nSPS) is 24.8. The Hall–Kier alpha value is -3.69. The quantitative estimate of drug-likeness (QED) is 0.387. The third-order valence-corrected chi connectivity index (χ3v) is 6.45. The highest BCUT2D eigenvalue weighted by atomic mass is 16.7. The highest BCUT2D eigenvalue weighted by Crippen LogP contribution is 2.55. The molecule has 1 saturated heterocycles. The summed E-state index contributed by atoms with van der Waals surface area (Å²) >= 11 is 0. The molecule has 0 bridgehead atoms. The summed E-state index contributed by atoms with van der Waals surface area (Å²) in [6, 6.07) is 7.08. The average molecular weight is 441 g/mol. The lowest BCUT2D eigenvalue weighted by Crippen LogP contribution is -2.77. The molecule has 4 atom stereocenters. The number of nitrogens with zero attached hydrogens (tertiary/aromatic N) is 1. The first kappa shape index (κ1) is 20.2. The van der Waals surface area contributed by atoms with Crippen LogP contribution in [0.2, 0.25) is 0 Å². The van der Waals surface area contributed by atoms with Gasteiger partial charge in [-0.05, 0) is 41.0 Å². The van der Waals surface area contributed by atoms with Crippen molar-refractivity contribution in [3.05, 3.63) is 46.5 Å². The lowest BCUT2D eigenvalue weighted by molar-refractivity contribution is -0.559. The number of hydrogen-bond acceptors (Lipinski definition) is 7. The molecule has 3 aliphatic rings. The van der Waals surface area contributed by atoms with Crippen molar-refractivity contribution in [3.63, 3.8) is 0 Å². The first-order valence-electron chi connectivity index (χ1n) is 10.2. The number of nitrogens with one attached hydrogen (secondary N) is 2. The zero-order chi connectivity index (χ0) is 22.4. The number of fused-ring (bicyclic) bond motifs is 3. The van der Waals surface area contributed by atoms with Crippen molar-refractivity contribution in [1.82, 2.24) is 5.43 Å². The smallest absolute Gasteiger partial charge is 0.310 e. The first-order chi connectivity index (χ1) is 15.6. The molecule has 168 valence electrons. The Balaban J connectivity index is 1.75. The van der Waals surface area contributed by atoms with Crippen molar-refractivity contribution in [2.75, 3.05) is 34.7 Å². The number of cyclic esters (lactones) is 1. The SMILES string of the molecule is COc1cc([C@@H]2c3cc4c(cc3[C@@H](N[NH+]=[N-])[C@H]3COC(=O)[C@H]23)OCO4)cc(OC)c1OC. The Morgan fingerprint density at radius 2 is 1.62 bits per heavy atom. The molecule has 2 heterocycles. The van der Waals surface area contributed by atoms with Crippen molar-refractivity contribution in [1.29, 1.82) is 0 Å². The van der Waals surface area contributed by atoms with Gasteiger partial charge in [0.25, 0.3) is 0 Å². The molecule has 0 aromatic heterocycles. The third-order valence-electron chi connectivity index (χ3n) is 6.45. The van der Waals surface area contributed by atoms with Crippen LogP contribution in [-0.2, 0) is 9.53 Å². The highest BCUT2D eigenvalue weighted by Gasteiger charge is 2.52. The van der Waals surface area contributed by atoms with Gasteiger partial charge in [-0.2, -0.15) is 10.8 Å². The summed E-state index contributed by atoms with van der Waals surface area (Å²) in [5.41, 5.74) is 14.8. The molecular formula is C22H23N3O7. The van der Waals surface area contributed by atoms with Crippen molar-refractivity contribution in [2.24, 2.45) is 11.8 Å². The Kier molecular flexibility index (Phi) is 4.91. The van der Waals surface area contributed by atoms with Crippen molar-refractivity contribution in [2.45, 2.75) is 12.0 Å². The van der Waals surface area contributed by atoms with Gasteiger partial charge in [0.1, 0.15) is 0 Å². The molecular weight excluding hydrogens is 418 g/mol. The Bertz CT molecular complexity index is 1060. The standard InChI is InChI=1S/C22H23N3O7/c1-27-16-4-10(5-17(28-2)21(16)29-3)18-11-6-14-15(32-9-31-14)7-12(11)20(24-25-23)13-8-30-22(26)19(13)18/h4-7,13,18-20,25H,8-9H2,1-3H3,(H-,23,24)/t13-,18+,19-,20+/m0/s1. The molecule has 2 N–H and O–H groups in total. The number of carbonyl (C=O) groups is 1. The van der Waals surface area contributed by atoms with E-state index in [-0.39, 0.29) is 37.2 Å². The number of esters is 1. The van der Waals surface area contributed by atoms with Gasteiger partial charge in [0, 0.05) is 17.9 Å². The van der Waals surface area contributed by atoms with E-state index < -0.39 is 5.92 Å². The van der Waals surface area contributed by atoms with Gasteiger partial charge in [-0.1, -0.05) is 0 Å². The maximum absolute atomic E-state index is 12.9. The summed E-state index contributed by atoms with van der Waals surface area (Å²) in [6.45, 7) is 0.343. The van der Waals surface area contributed by atoms with Gasteiger partial charge in [0.05, 0.1) is 33.9 Å². The molecule has 1 aliphatic carbocycles. The van der Waals surface area contributed by atoms with Crippen LogP contribution in [0, 0.1) is 11.8 Å². The molecule has 2 aromatic carbocycles. The number of methoxy groups -OCH3 is 3. The van der Waals surface area contributed by atoms with E-state index in [1.165, 1.54) is 0 Å². The molecule has 2 aromatic rings. The highest BCUT2D eigenvalue weighted by molar-refractivity contribution is 5.79. The van der Waals surface area contributed by atoms with E-state index in [2.05, 4.69) is 5.43 Å². The maximum atomic E-state index is 12.9. The summed E-state index contributed by atoms with van der Waals surface area (Å²) < 4.78 is 33.2. The van der Waals surface area contributed by atoms with E-state index in [1.807, 2.05) is 29.5 Å². The van der Waals surface area contributed by atoms with Crippen LogP contribution in [-0.4, -0.2) is 40.7 Å². The lowest BCUT2D eigenvalue weighted by Gasteiger charge is -2.39. The molecule has 10 heteroatoms. The monoisotopic (exact) mass is 441 g/mol. The molecule has 32 heavy (non-hydrogen) atoms. The average Bonchev–Trinajstić information content (AvgIpc) is 3.43. The fourth-order valence-electron chi connectivity index (χ4n) is 5.10. The topological polar surface area (TPSA) is 121 Å². The Morgan fingerprint density at radius 1 is 0.969 bits per heavy atom. The van der Waals surface area contributed by atoms with E-state index in [4.69, 9.17) is 28.4 Å². The summed E-state index contributed by atoms with van der Waals surface area (Å²) in [7, 11) is 4.64. The fraction of sp³-hybridized carbons (Fsp3) is 0.409. The molecule has 0 spiro atoms. The van der Waals surface area contributed by atoms with Gasteiger partial charge in [-0.15, -0.1) is 0 Å². The molecule has 0 radical (unpaired) electrons.